The molecule has 1 atom stereocenters. The molecule has 1 aliphatic heterocycles. The number of carbonyl (C=O) groups is 1. The molecule has 2 heterocycles. The molecule has 0 bridgehead atoms. The molecular formula is C26H34N4O2. The number of methoxy groups -OCH3 is 1. The second-order valence-corrected chi connectivity index (χ2v) is 8.58. The molecule has 0 saturated carbocycles. The number of amides is 1. The van der Waals surface area contributed by atoms with Gasteiger partial charge in [0.25, 0.3) is 5.91 Å². The third kappa shape index (κ3) is 5.67. The zero-order valence-electron chi connectivity index (χ0n) is 19.7. The van der Waals surface area contributed by atoms with E-state index >= 15 is 0 Å². The van der Waals surface area contributed by atoms with E-state index in [0.29, 0.717) is 19.7 Å². The third-order valence-corrected chi connectivity index (χ3v) is 6.15. The van der Waals surface area contributed by atoms with E-state index in [9.17, 15) is 10.1 Å². The molecule has 170 valence electrons. The van der Waals surface area contributed by atoms with Crippen LogP contribution >= 0.6 is 0 Å². The molecule has 1 aromatic carbocycles. The molecule has 2 aromatic rings. The summed E-state index contributed by atoms with van der Waals surface area (Å²) in [6.45, 7) is 10.7. The Labute approximate surface area is 191 Å². The lowest BCUT2D eigenvalue weighted by atomic mass is 10.1. The fourth-order valence-electron chi connectivity index (χ4n) is 4.58. The van der Waals surface area contributed by atoms with Gasteiger partial charge in [0.05, 0.1) is 12.6 Å². The highest BCUT2D eigenvalue weighted by molar-refractivity contribution is 6.01. The number of ether oxygens (including phenoxy) is 1. The number of nitrogens with zero attached hydrogens (tertiary/aromatic N) is 4. The van der Waals surface area contributed by atoms with Crippen molar-refractivity contribution in [3.63, 3.8) is 0 Å². The summed E-state index contributed by atoms with van der Waals surface area (Å²) in [5.74, 6) is -0.177. The Balaban J connectivity index is 1.71. The van der Waals surface area contributed by atoms with Gasteiger partial charge in [-0.3, -0.25) is 9.69 Å². The van der Waals surface area contributed by atoms with Crippen LogP contribution in [-0.2, 0) is 16.1 Å². The van der Waals surface area contributed by atoms with Gasteiger partial charge >= 0.3 is 0 Å². The van der Waals surface area contributed by atoms with E-state index in [1.165, 1.54) is 5.56 Å². The Morgan fingerprint density at radius 3 is 2.62 bits per heavy atom. The van der Waals surface area contributed by atoms with E-state index < -0.39 is 0 Å². The SMILES string of the molecule is COCC(C)n1c(C)cc(/C=C(\C#N)C(=O)N2CCCN(Cc3ccccc3)CC2)c1C. The molecule has 1 amide bonds. The molecule has 0 N–H and O–H groups in total. The minimum absolute atomic E-state index is 0.177. The van der Waals surface area contributed by atoms with Crippen molar-refractivity contribution < 1.29 is 9.53 Å². The Bertz CT molecular complexity index is 987. The van der Waals surface area contributed by atoms with Crippen molar-refractivity contribution >= 4 is 12.0 Å². The summed E-state index contributed by atoms with van der Waals surface area (Å²) in [6, 6.07) is 14.8. The normalized spacial score (nSPS) is 16.5. The zero-order chi connectivity index (χ0) is 23.1. The number of hydrogen-bond acceptors (Lipinski definition) is 4. The van der Waals surface area contributed by atoms with Gasteiger partial charge in [-0.1, -0.05) is 30.3 Å². The van der Waals surface area contributed by atoms with Crippen LogP contribution in [0, 0.1) is 25.2 Å². The van der Waals surface area contributed by atoms with Crippen LogP contribution in [0.3, 0.4) is 0 Å². The van der Waals surface area contributed by atoms with Crippen molar-refractivity contribution in [3.8, 4) is 6.07 Å². The fraction of sp³-hybridized carbons (Fsp3) is 0.462. The molecule has 6 heteroatoms. The largest absolute Gasteiger partial charge is 0.383 e. The van der Waals surface area contributed by atoms with Crippen LogP contribution in [0.4, 0.5) is 0 Å². The van der Waals surface area contributed by atoms with Crippen LogP contribution < -0.4 is 0 Å². The quantitative estimate of drug-likeness (QED) is 0.489. The topological polar surface area (TPSA) is 61.5 Å². The first kappa shape index (κ1) is 23.8. The maximum atomic E-state index is 13.2. The van der Waals surface area contributed by atoms with E-state index in [1.54, 1.807) is 13.2 Å². The van der Waals surface area contributed by atoms with Crippen LogP contribution in [0.5, 0.6) is 0 Å². The van der Waals surface area contributed by atoms with Crippen molar-refractivity contribution in [3.05, 3.63) is 64.5 Å². The Morgan fingerprint density at radius 2 is 1.94 bits per heavy atom. The summed E-state index contributed by atoms with van der Waals surface area (Å²) in [5.41, 5.74) is 4.52. The summed E-state index contributed by atoms with van der Waals surface area (Å²) in [4.78, 5) is 17.4. The van der Waals surface area contributed by atoms with Gasteiger partial charge in [0, 0.05) is 51.2 Å². The molecule has 1 unspecified atom stereocenters. The minimum Gasteiger partial charge on any atom is -0.383 e. The summed E-state index contributed by atoms with van der Waals surface area (Å²) in [7, 11) is 1.69. The van der Waals surface area contributed by atoms with Crippen molar-refractivity contribution in [1.29, 1.82) is 5.26 Å². The van der Waals surface area contributed by atoms with E-state index in [-0.39, 0.29) is 17.5 Å². The average Bonchev–Trinajstić information content (AvgIpc) is 2.93. The summed E-state index contributed by atoms with van der Waals surface area (Å²) in [5, 5.41) is 9.76. The molecule has 1 fully saturated rings. The van der Waals surface area contributed by atoms with Gasteiger partial charge in [0.2, 0.25) is 0 Å². The van der Waals surface area contributed by atoms with E-state index in [0.717, 1.165) is 43.0 Å². The number of carbonyl (C=O) groups excluding carboxylic acids is 1. The predicted octanol–water partition coefficient (Wildman–Crippen LogP) is 3.95. The second-order valence-electron chi connectivity index (χ2n) is 8.58. The van der Waals surface area contributed by atoms with Crippen LogP contribution in [0.25, 0.3) is 6.08 Å². The Kier molecular flexibility index (Phi) is 8.26. The lowest BCUT2D eigenvalue weighted by Crippen LogP contribution is -2.35. The van der Waals surface area contributed by atoms with E-state index in [1.807, 2.05) is 30.9 Å². The number of aryl methyl sites for hydroxylation is 1. The molecular weight excluding hydrogens is 400 g/mol. The Morgan fingerprint density at radius 1 is 1.19 bits per heavy atom. The van der Waals surface area contributed by atoms with Crippen molar-refractivity contribution in [2.45, 2.75) is 39.8 Å². The number of rotatable bonds is 7. The predicted molar refractivity (Wildman–Crippen MR) is 127 cm³/mol. The molecule has 1 saturated heterocycles. The smallest absolute Gasteiger partial charge is 0.264 e. The van der Waals surface area contributed by atoms with E-state index in [2.05, 4.69) is 46.7 Å². The molecule has 0 aliphatic carbocycles. The average molecular weight is 435 g/mol. The van der Waals surface area contributed by atoms with Gasteiger partial charge in [0.1, 0.15) is 11.6 Å². The van der Waals surface area contributed by atoms with Crippen molar-refractivity contribution in [2.75, 3.05) is 39.9 Å². The highest BCUT2D eigenvalue weighted by Gasteiger charge is 2.23. The van der Waals surface area contributed by atoms with Gasteiger partial charge in [0.15, 0.2) is 0 Å². The monoisotopic (exact) mass is 434 g/mol. The molecule has 1 aromatic heterocycles. The minimum atomic E-state index is -0.177. The lowest BCUT2D eigenvalue weighted by molar-refractivity contribution is -0.126. The van der Waals surface area contributed by atoms with Gasteiger partial charge in [-0.2, -0.15) is 5.26 Å². The fourth-order valence-corrected chi connectivity index (χ4v) is 4.58. The van der Waals surface area contributed by atoms with Crippen LogP contribution in [0.15, 0.2) is 42.0 Å². The number of hydrogen-bond donors (Lipinski definition) is 0. The first-order valence-corrected chi connectivity index (χ1v) is 11.3. The highest BCUT2D eigenvalue weighted by Crippen LogP contribution is 2.23. The lowest BCUT2D eigenvalue weighted by Gasteiger charge is -2.22. The first-order valence-electron chi connectivity index (χ1n) is 11.3. The molecule has 0 spiro atoms. The molecule has 3 rings (SSSR count). The second kappa shape index (κ2) is 11.1. The number of benzene rings is 1. The number of nitriles is 1. The summed E-state index contributed by atoms with van der Waals surface area (Å²) >= 11 is 0. The third-order valence-electron chi connectivity index (χ3n) is 6.15. The number of aromatic nitrogens is 1. The van der Waals surface area contributed by atoms with Crippen LogP contribution in [0.1, 0.15) is 41.9 Å². The maximum Gasteiger partial charge on any atom is 0.264 e. The maximum absolute atomic E-state index is 13.2. The zero-order valence-corrected chi connectivity index (χ0v) is 19.7. The standard InChI is InChI=1S/C26H34N4O2/c1-20-15-24(22(3)30(20)21(2)19-32-4)16-25(17-27)26(31)29-12-8-11-28(13-14-29)18-23-9-6-5-7-10-23/h5-7,9-10,15-16,21H,8,11-14,18-19H2,1-4H3/b25-16+. The molecule has 0 radical (unpaired) electrons. The van der Waals surface area contributed by atoms with E-state index in [4.69, 9.17) is 4.74 Å². The Hall–Kier alpha value is -2.88. The molecule has 6 nitrogen and oxygen atoms in total. The first-order chi connectivity index (χ1) is 15.4. The van der Waals surface area contributed by atoms with Crippen molar-refractivity contribution in [1.82, 2.24) is 14.4 Å². The van der Waals surface area contributed by atoms with Crippen LogP contribution in [0.2, 0.25) is 0 Å². The van der Waals surface area contributed by atoms with Gasteiger partial charge < -0.3 is 14.2 Å². The summed E-state index contributed by atoms with van der Waals surface area (Å²) in [6.07, 6.45) is 2.65. The molecule has 32 heavy (non-hydrogen) atoms. The van der Waals surface area contributed by atoms with Gasteiger partial charge in [-0.25, -0.2) is 0 Å². The summed E-state index contributed by atoms with van der Waals surface area (Å²) < 4.78 is 7.50. The van der Waals surface area contributed by atoms with Gasteiger partial charge in [-0.15, -0.1) is 0 Å². The highest BCUT2D eigenvalue weighted by atomic mass is 16.5. The van der Waals surface area contributed by atoms with Gasteiger partial charge in [-0.05, 0) is 50.5 Å². The van der Waals surface area contributed by atoms with Crippen molar-refractivity contribution in [2.24, 2.45) is 0 Å². The van der Waals surface area contributed by atoms with Crippen LogP contribution in [-0.4, -0.2) is 60.2 Å². The molecule has 1 aliphatic rings.